The number of hydrogen-bond acceptors (Lipinski definition) is 6. The molecule has 0 fully saturated rings. The number of aromatic amines is 1. The van der Waals surface area contributed by atoms with Gasteiger partial charge in [0.15, 0.2) is 16.6 Å². The van der Waals surface area contributed by atoms with E-state index >= 15 is 0 Å². The second kappa shape index (κ2) is 7.22. The van der Waals surface area contributed by atoms with E-state index in [9.17, 15) is 9.59 Å². The predicted octanol–water partition coefficient (Wildman–Crippen LogP) is 2.01. The zero-order chi connectivity index (χ0) is 17.8. The molecule has 0 unspecified atom stereocenters. The van der Waals surface area contributed by atoms with Crippen LogP contribution in [-0.2, 0) is 4.79 Å². The first-order valence-corrected chi connectivity index (χ1v) is 8.21. The lowest BCUT2D eigenvalue weighted by Gasteiger charge is -2.07. The van der Waals surface area contributed by atoms with Crippen LogP contribution in [0.3, 0.4) is 0 Å². The number of amides is 2. The van der Waals surface area contributed by atoms with Gasteiger partial charge in [-0.05, 0) is 18.2 Å². The van der Waals surface area contributed by atoms with Crippen LogP contribution in [-0.4, -0.2) is 42.5 Å². The highest BCUT2D eigenvalue weighted by Crippen LogP contribution is 2.35. The van der Waals surface area contributed by atoms with Crippen molar-refractivity contribution in [3.05, 3.63) is 35.5 Å². The topological polar surface area (TPSA) is 105 Å². The number of anilines is 1. The van der Waals surface area contributed by atoms with Gasteiger partial charge in [-0.3, -0.25) is 9.59 Å². The van der Waals surface area contributed by atoms with Gasteiger partial charge in [0.25, 0.3) is 5.91 Å². The number of methoxy groups -OCH3 is 2. The SMILES string of the molecule is COc1ccc2[nH]c(C(=O)NCC(=O)Nc3nccs3)cc2c1OC. The number of H-pyrrole nitrogens is 1. The van der Waals surface area contributed by atoms with Crippen LogP contribution in [0.1, 0.15) is 10.5 Å². The second-order valence-electron chi connectivity index (χ2n) is 5.01. The van der Waals surface area contributed by atoms with Crippen LogP contribution in [0.2, 0.25) is 0 Å². The van der Waals surface area contributed by atoms with Gasteiger partial charge in [0.1, 0.15) is 5.69 Å². The molecule has 0 aliphatic carbocycles. The molecular formula is C16H16N4O4S. The average Bonchev–Trinajstić information content (AvgIpc) is 3.27. The highest BCUT2D eigenvalue weighted by molar-refractivity contribution is 7.13. The van der Waals surface area contributed by atoms with Gasteiger partial charge in [-0.1, -0.05) is 0 Å². The molecule has 2 heterocycles. The van der Waals surface area contributed by atoms with Gasteiger partial charge in [0, 0.05) is 17.0 Å². The molecule has 3 rings (SSSR count). The summed E-state index contributed by atoms with van der Waals surface area (Å²) in [7, 11) is 3.08. The van der Waals surface area contributed by atoms with Crippen molar-refractivity contribution in [1.82, 2.24) is 15.3 Å². The smallest absolute Gasteiger partial charge is 0.268 e. The van der Waals surface area contributed by atoms with Crippen molar-refractivity contribution in [3.8, 4) is 11.5 Å². The van der Waals surface area contributed by atoms with Crippen LogP contribution in [0.5, 0.6) is 11.5 Å². The van der Waals surface area contributed by atoms with Gasteiger partial charge in [-0.25, -0.2) is 4.98 Å². The van der Waals surface area contributed by atoms with Gasteiger partial charge in [-0.2, -0.15) is 0 Å². The highest BCUT2D eigenvalue weighted by Gasteiger charge is 2.16. The lowest BCUT2D eigenvalue weighted by molar-refractivity contribution is -0.115. The summed E-state index contributed by atoms with van der Waals surface area (Å²) in [6.07, 6.45) is 1.59. The molecule has 0 aliphatic rings. The van der Waals surface area contributed by atoms with E-state index < -0.39 is 5.91 Å². The maximum atomic E-state index is 12.3. The number of ether oxygens (including phenoxy) is 2. The van der Waals surface area contributed by atoms with Crippen LogP contribution in [0.25, 0.3) is 10.9 Å². The molecule has 3 N–H and O–H groups in total. The first-order valence-electron chi connectivity index (χ1n) is 7.33. The third kappa shape index (κ3) is 3.56. The molecule has 130 valence electrons. The van der Waals surface area contributed by atoms with Crippen molar-refractivity contribution in [1.29, 1.82) is 0 Å². The molecule has 0 saturated heterocycles. The maximum Gasteiger partial charge on any atom is 0.268 e. The van der Waals surface area contributed by atoms with Gasteiger partial charge in [-0.15, -0.1) is 11.3 Å². The number of nitrogens with one attached hydrogen (secondary N) is 3. The number of fused-ring (bicyclic) bond motifs is 1. The summed E-state index contributed by atoms with van der Waals surface area (Å²) in [6.45, 7) is -0.158. The van der Waals surface area contributed by atoms with Crippen LogP contribution in [0, 0.1) is 0 Å². The number of carbonyl (C=O) groups is 2. The summed E-state index contributed by atoms with van der Waals surface area (Å²) in [4.78, 5) is 31.0. The van der Waals surface area contributed by atoms with Crippen LogP contribution in [0.15, 0.2) is 29.8 Å². The number of hydrogen-bond donors (Lipinski definition) is 3. The number of rotatable bonds is 6. The van der Waals surface area contributed by atoms with Crippen molar-refractivity contribution in [2.75, 3.05) is 26.1 Å². The zero-order valence-electron chi connectivity index (χ0n) is 13.6. The van der Waals surface area contributed by atoms with E-state index in [2.05, 4.69) is 20.6 Å². The largest absolute Gasteiger partial charge is 0.493 e. The third-order valence-corrected chi connectivity index (χ3v) is 4.16. The molecule has 1 aromatic carbocycles. The van der Waals surface area contributed by atoms with Crippen molar-refractivity contribution < 1.29 is 19.1 Å². The monoisotopic (exact) mass is 360 g/mol. The molecule has 0 spiro atoms. The van der Waals surface area contributed by atoms with E-state index in [1.807, 2.05) is 0 Å². The average molecular weight is 360 g/mol. The van der Waals surface area contributed by atoms with Crippen molar-refractivity contribution in [2.24, 2.45) is 0 Å². The normalized spacial score (nSPS) is 10.5. The quantitative estimate of drug-likeness (QED) is 0.624. The van der Waals surface area contributed by atoms with Crippen molar-refractivity contribution >= 4 is 39.2 Å². The lowest BCUT2D eigenvalue weighted by Crippen LogP contribution is -2.32. The number of benzene rings is 1. The fraction of sp³-hybridized carbons (Fsp3) is 0.188. The van der Waals surface area contributed by atoms with E-state index in [1.165, 1.54) is 18.4 Å². The van der Waals surface area contributed by atoms with E-state index in [-0.39, 0.29) is 12.5 Å². The Labute approximate surface area is 147 Å². The molecule has 25 heavy (non-hydrogen) atoms. The molecular weight excluding hydrogens is 344 g/mol. The second-order valence-corrected chi connectivity index (χ2v) is 5.91. The molecule has 3 aromatic rings. The molecule has 0 aliphatic heterocycles. The van der Waals surface area contributed by atoms with Gasteiger partial charge in [0.05, 0.1) is 26.3 Å². The summed E-state index contributed by atoms with van der Waals surface area (Å²) >= 11 is 1.30. The number of carbonyl (C=O) groups excluding carboxylic acids is 2. The Bertz CT molecular complexity index is 904. The van der Waals surface area contributed by atoms with Crippen LogP contribution in [0.4, 0.5) is 5.13 Å². The molecule has 9 heteroatoms. The minimum atomic E-state index is -0.397. The molecule has 2 amide bonds. The Morgan fingerprint density at radius 1 is 1.28 bits per heavy atom. The first kappa shape index (κ1) is 16.8. The van der Waals surface area contributed by atoms with Gasteiger partial charge in [0.2, 0.25) is 5.91 Å². The predicted molar refractivity (Wildman–Crippen MR) is 94.5 cm³/mol. The Balaban J connectivity index is 1.70. The Kier molecular flexibility index (Phi) is 4.85. The number of aromatic nitrogens is 2. The van der Waals surface area contributed by atoms with Gasteiger partial charge < -0.3 is 25.1 Å². The Morgan fingerprint density at radius 3 is 2.80 bits per heavy atom. The molecule has 8 nitrogen and oxygen atoms in total. The van der Waals surface area contributed by atoms with E-state index in [0.717, 1.165) is 10.9 Å². The molecule has 0 atom stereocenters. The first-order chi connectivity index (χ1) is 12.1. The molecule has 0 bridgehead atoms. The lowest BCUT2D eigenvalue weighted by atomic mass is 10.2. The zero-order valence-corrected chi connectivity index (χ0v) is 14.4. The van der Waals surface area contributed by atoms with Crippen LogP contribution >= 0.6 is 11.3 Å². The third-order valence-electron chi connectivity index (χ3n) is 3.47. The maximum absolute atomic E-state index is 12.3. The van der Waals surface area contributed by atoms with Crippen LogP contribution < -0.4 is 20.1 Å². The Morgan fingerprint density at radius 2 is 2.12 bits per heavy atom. The number of thiazole rings is 1. The van der Waals surface area contributed by atoms with E-state index in [4.69, 9.17) is 9.47 Å². The van der Waals surface area contributed by atoms with Crippen molar-refractivity contribution in [2.45, 2.75) is 0 Å². The molecule has 0 saturated carbocycles. The number of nitrogens with zero attached hydrogens (tertiary/aromatic N) is 1. The minimum Gasteiger partial charge on any atom is -0.493 e. The highest BCUT2D eigenvalue weighted by atomic mass is 32.1. The summed E-state index contributed by atoms with van der Waals surface area (Å²) in [6, 6.07) is 5.20. The Hall–Kier alpha value is -3.07. The van der Waals surface area contributed by atoms with E-state index in [1.54, 1.807) is 36.9 Å². The fourth-order valence-corrected chi connectivity index (χ4v) is 2.90. The summed E-state index contributed by atoms with van der Waals surface area (Å²) in [5, 5.41) is 8.12. The summed E-state index contributed by atoms with van der Waals surface area (Å²) in [5.74, 6) is 0.366. The summed E-state index contributed by atoms with van der Waals surface area (Å²) < 4.78 is 10.6. The van der Waals surface area contributed by atoms with Crippen molar-refractivity contribution in [3.63, 3.8) is 0 Å². The summed E-state index contributed by atoms with van der Waals surface area (Å²) in [5.41, 5.74) is 1.05. The minimum absolute atomic E-state index is 0.158. The standard InChI is InChI=1S/C16H16N4O4S/c1-23-12-4-3-10-9(14(12)24-2)7-11(19-10)15(22)18-8-13(21)20-16-17-5-6-25-16/h3-7,19H,8H2,1-2H3,(H,18,22)(H,17,20,21). The molecule has 2 aromatic heterocycles. The molecule has 0 radical (unpaired) electrons. The van der Waals surface area contributed by atoms with Gasteiger partial charge >= 0.3 is 0 Å². The fourth-order valence-electron chi connectivity index (χ4n) is 2.36. The van der Waals surface area contributed by atoms with E-state index in [0.29, 0.717) is 22.3 Å².